The average molecular weight is 251 g/mol. The SMILES string of the molecule is CCNc1nnc(CCC2CCCNC2)n1CC. The van der Waals surface area contributed by atoms with Gasteiger partial charge in [0.25, 0.3) is 0 Å². The van der Waals surface area contributed by atoms with Gasteiger partial charge in [0.15, 0.2) is 0 Å². The van der Waals surface area contributed by atoms with Crippen LogP contribution in [-0.2, 0) is 13.0 Å². The van der Waals surface area contributed by atoms with Gasteiger partial charge in [-0.3, -0.25) is 4.57 Å². The van der Waals surface area contributed by atoms with Crippen LogP contribution in [0.1, 0.15) is 38.9 Å². The van der Waals surface area contributed by atoms with Gasteiger partial charge in [0.1, 0.15) is 5.82 Å². The van der Waals surface area contributed by atoms with Gasteiger partial charge in [0.05, 0.1) is 0 Å². The quantitative estimate of drug-likeness (QED) is 0.807. The van der Waals surface area contributed by atoms with Crippen molar-refractivity contribution in [3.05, 3.63) is 5.82 Å². The molecule has 102 valence electrons. The van der Waals surface area contributed by atoms with Crippen LogP contribution in [0.15, 0.2) is 0 Å². The second-order valence-corrected chi connectivity index (χ2v) is 4.97. The summed E-state index contributed by atoms with van der Waals surface area (Å²) in [5, 5.41) is 15.3. The molecule has 18 heavy (non-hydrogen) atoms. The minimum Gasteiger partial charge on any atom is -0.355 e. The molecule has 1 unspecified atom stereocenters. The zero-order chi connectivity index (χ0) is 12.8. The molecule has 0 amide bonds. The highest BCUT2D eigenvalue weighted by molar-refractivity contribution is 5.25. The van der Waals surface area contributed by atoms with Gasteiger partial charge in [-0.15, -0.1) is 10.2 Å². The van der Waals surface area contributed by atoms with Gasteiger partial charge in [-0.25, -0.2) is 0 Å². The maximum Gasteiger partial charge on any atom is 0.224 e. The van der Waals surface area contributed by atoms with Crippen LogP contribution in [0.2, 0.25) is 0 Å². The molecule has 0 aromatic carbocycles. The number of hydrogen-bond acceptors (Lipinski definition) is 4. The molecule has 0 bridgehead atoms. The van der Waals surface area contributed by atoms with E-state index >= 15 is 0 Å². The van der Waals surface area contributed by atoms with Crippen LogP contribution >= 0.6 is 0 Å². The molecule has 1 aliphatic rings. The van der Waals surface area contributed by atoms with Crippen LogP contribution in [0.25, 0.3) is 0 Å². The monoisotopic (exact) mass is 251 g/mol. The number of piperidine rings is 1. The van der Waals surface area contributed by atoms with Crippen LogP contribution in [0.5, 0.6) is 0 Å². The van der Waals surface area contributed by atoms with Crippen molar-refractivity contribution in [1.82, 2.24) is 20.1 Å². The molecule has 2 heterocycles. The molecule has 5 heteroatoms. The van der Waals surface area contributed by atoms with E-state index in [0.717, 1.165) is 37.2 Å². The summed E-state index contributed by atoms with van der Waals surface area (Å²) in [4.78, 5) is 0. The van der Waals surface area contributed by atoms with E-state index in [4.69, 9.17) is 0 Å². The number of anilines is 1. The lowest BCUT2D eigenvalue weighted by Crippen LogP contribution is -2.30. The van der Waals surface area contributed by atoms with Crippen molar-refractivity contribution in [2.45, 2.75) is 46.1 Å². The Labute approximate surface area is 109 Å². The van der Waals surface area contributed by atoms with E-state index in [-0.39, 0.29) is 0 Å². The van der Waals surface area contributed by atoms with E-state index in [0.29, 0.717) is 0 Å². The highest BCUT2D eigenvalue weighted by Crippen LogP contribution is 2.17. The van der Waals surface area contributed by atoms with Gasteiger partial charge in [0, 0.05) is 19.5 Å². The Kier molecular flexibility index (Phi) is 4.99. The average Bonchev–Trinajstić information content (AvgIpc) is 2.80. The Bertz CT molecular complexity index is 354. The van der Waals surface area contributed by atoms with Gasteiger partial charge >= 0.3 is 0 Å². The van der Waals surface area contributed by atoms with E-state index in [2.05, 4.69) is 39.2 Å². The second kappa shape index (κ2) is 6.73. The van der Waals surface area contributed by atoms with Crippen LogP contribution in [0.3, 0.4) is 0 Å². The van der Waals surface area contributed by atoms with Crippen molar-refractivity contribution in [2.24, 2.45) is 5.92 Å². The summed E-state index contributed by atoms with van der Waals surface area (Å²) in [7, 11) is 0. The first kappa shape index (κ1) is 13.3. The minimum atomic E-state index is 0.809. The molecule has 1 aromatic heterocycles. The van der Waals surface area contributed by atoms with E-state index in [1.54, 1.807) is 0 Å². The van der Waals surface area contributed by atoms with Crippen LogP contribution in [0, 0.1) is 5.92 Å². The molecule has 0 aliphatic carbocycles. The Hall–Kier alpha value is -1.10. The first-order valence-electron chi connectivity index (χ1n) is 7.21. The number of aromatic nitrogens is 3. The summed E-state index contributed by atoms with van der Waals surface area (Å²) >= 11 is 0. The van der Waals surface area contributed by atoms with Gasteiger partial charge in [-0.2, -0.15) is 0 Å². The zero-order valence-electron chi connectivity index (χ0n) is 11.6. The highest BCUT2D eigenvalue weighted by atomic mass is 15.3. The molecule has 5 nitrogen and oxygen atoms in total. The van der Waals surface area contributed by atoms with E-state index < -0.39 is 0 Å². The Balaban J connectivity index is 1.91. The van der Waals surface area contributed by atoms with Gasteiger partial charge < -0.3 is 10.6 Å². The molecule has 1 aromatic rings. The third-order valence-corrected chi connectivity index (χ3v) is 3.65. The lowest BCUT2D eigenvalue weighted by atomic mass is 9.94. The summed E-state index contributed by atoms with van der Waals surface area (Å²) in [6, 6.07) is 0. The molecule has 1 atom stereocenters. The number of aryl methyl sites for hydroxylation is 1. The maximum atomic E-state index is 4.32. The molecule has 0 saturated carbocycles. The lowest BCUT2D eigenvalue weighted by Gasteiger charge is -2.22. The highest BCUT2D eigenvalue weighted by Gasteiger charge is 2.15. The fourth-order valence-electron chi connectivity index (χ4n) is 2.65. The zero-order valence-corrected chi connectivity index (χ0v) is 11.6. The topological polar surface area (TPSA) is 54.8 Å². The first-order valence-corrected chi connectivity index (χ1v) is 7.21. The van der Waals surface area contributed by atoms with Crippen molar-refractivity contribution in [3.63, 3.8) is 0 Å². The van der Waals surface area contributed by atoms with Crippen LogP contribution < -0.4 is 10.6 Å². The molecule has 0 spiro atoms. The number of nitrogens with zero attached hydrogens (tertiary/aromatic N) is 3. The molecule has 1 saturated heterocycles. The van der Waals surface area contributed by atoms with E-state index in [1.807, 2.05) is 0 Å². The second-order valence-electron chi connectivity index (χ2n) is 4.97. The third-order valence-electron chi connectivity index (χ3n) is 3.65. The van der Waals surface area contributed by atoms with E-state index in [9.17, 15) is 0 Å². The summed E-state index contributed by atoms with van der Waals surface area (Å²) in [5.74, 6) is 2.85. The van der Waals surface area contributed by atoms with Gasteiger partial charge in [-0.1, -0.05) is 0 Å². The van der Waals surface area contributed by atoms with Crippen molar-refractivity contribution >= 4 is 5.95 Å². The Morgan fingerprint density at radius 1 is 1.39 bits per heavy atom. The smallest absolute Gasteiger partial charge is 0.224 e. The number of rotatable bonds is 6. The minimum absolute atomic E-state index is 0.809. The summed E-state index contributed by atoms with van der Waals surface area (Å²) in [6.07, 6.45) is 4.93. The van der Waals surface area contributed by atoms with Crippen molar-refractivity contribution in [2.75, 3.05) is 25.0 Å². The summed E-state index contributed by atoms with van der Waals surface area (Å²) < 4.78 is 2.19. The fraction of sp³-hybridized carbons (Fsp3) is 0.846. The Morgan fingerprint density at radius 2 is 2.28 bits per heavy atom. The molecule has 1 fully saturated rings. The van der Waals surface area contributed by atoms with Crippen LogP contribution in [0.4, 0.5) is 5.95 Å². The predicted octanol–water partition coefficient (Wildman–Crippen LogP) is 1.66. The van der Waals surface area contributed by atoms with Crippen molar-refractivity contribution in [3.8, 4) is 0 Å². The molecular weight excluding hydrogens is 226 g/mol. The van der Waals surface area contributed by atoms with E-state index in [1.165, 1.54) is 32.4 Å². The molecule has 2 N–H and O–H groups in total. The molecule has 0 radical (unpaired) electrons. The predicted molar refractivity (Wildman–Crippen MR) is 73.8 cm³/mol. The third kappa shape index (κ3) is 3.22. The van der Waals surface area contributed by atoms with Crippen LogP contribution in [-0.4, -0.2) is 34.4 Å². The molecular formula is C13H25N5. The largest absolute Gasteiger partial charge is 0.355 e. The van der Waals surface area contributed by atoms with Crippen molar-refractivity contribution in [1.29, 1.82) is 0 Å². The maximum absolute atomic E-state index is 4.32. The van der Waals surface area contributed by atoms with Crippen molar-refractivity contribution < 1.29 is 0 Å². The first-order chi connectivity index (χ1) is 8.85. The fourth-order valence-corrected chi connectivity index (χ4v) is 2.65. The number of hydrogen-bond donors (Lipinski definition) is 2. The lowest BCUT2D eigenvalue weighted by molar-refractivity contribution is 0.354. The summed E-state index contributed by atoms with van der Waals surface area (Å²) in [5.41, 5.74) is 0. The Morgan fingerprint density at radius 3 is 2.94 bits per heavy atom. The summed E-state index contributed by atoms with van der Waals surface area (Å²) in [6.45, 7) is 8.42. The standard InChI is InChI=1S/C13H25N5/c1-3-15-13-17-16-12(18(13)4-2)8-7-11-6-5-9-14-10-11/h11,14H,3-10H2,1-2H3,(H,15,17). The molecule has 2 rings (SSSR count). The number of nitrogens with one attached hydrogen (secondary N) is 2. The van der Waals surface area contributed by atoms with Gasteiger partial charge in [-0.05, 0) is 52.1 Å². The molecule has 1 aliphatic heterocycles. The normalized spacial score (nSPS) is 20.0. The van der Waals surface area contributed by atoms with Gasteiger partial charge in [0.2, 0.25) is 5.95 Å².